The lowest BCUT2D eigenvalue weighted by atomic mass is 9.79. The molecule has 0 spiro atoms. The number of methoxy groups -OCH3 is 1. The van der Waals surface area contributed by atoms with Crippen molar-refractivity contribution < 1.29 is 4.74 Å². The lowest BCUT2D eigenvalue weighted by Gasteiger charge is -2.22. The van der Waals surface area contributed by atoms with Crippen molar-refractivity contribution in [3.8, 4) is 11.8 Å². The van der Waals surface area contributed by atoms with Gasteiger partial charge in [-0.15, -0.1) is 0 Å². The first-order chi connectivity index (χ1) is 9.18. The Hall–Kier alpha value is -2.27. The van der Waals surface area contributed by atoms with Crippen LogP contribution in [-0.4, -0.2) is 7.11 Å². The van der Waals surface area contributed by atoms with Gasteiger partial charge in [-0.25, -0.2) is 0 Å². The minimum Gasteiger partial charge on any atom is -0.497 e. The van der Waals surface area contributed by atoms with Crippen LogP contribution in [0.15, 0.2) is 54.6 Å². The van der Waals surface area contributed by atoms with Gasteiger partial charge in [-0.05, 0) is 36.6 Å². The Morgan fingerprint density at radius 1 is 1.05 bits per heavy atom. The van der Waals surface area contributed by atoms with Gasteiger partial charge in [0.1, 0.15) is 5.75 Å². The zero-order valence-electron chi connectivity index (χ0n) is 11.3. The summed E-state index contributed by atoms with van der Waals surface area (Å²) in [5.41, 5.74) is 1.68. The van der Waals surface area contributed by atoms with Gasteiger partial charge in [0.2, 0.25) is 0 Å². The molecular weight excluding hydrogens is 234 g/mol. The van der Waals surface area contributed by atoms with Gasteiger partial charge in [0.15, 0.2) is 0 Å². The molecule has 2 aromatic carbocycles. The first-order valence-electron chi connectivity index (χ1n) is 6.28. The number of nitrogens with zero attached hydrogens (tertiary/aromatic N) is 1. The molecule has 0 fully saturated rings. The van der Waals surface area contributed by atoms with Crippen LogP contribution < -0.4 is 4.74 Å². The average molecular weight is 251 g/mol. The van der Waals surface area contributed by atoms with Gasteiger partial charge in [0, 0.05) is 0 Å². The fraction of sp³-hybridized carbons (Fsp3) is 0.235. The van der Waals surface area contributed by atoms with E-state index in [0.717, 1.165) is 16.9 Å². The molecule has 1 unspecified atom stereocenters. The van der Waals surface area contributed by atoms with Crippen LogP contribution in [0.3, 0.4) is 0 Å². The number of ether oxygens (including phenoxy) is 1. The summed E-state index contributed by atoms with van der Waals surface area (Å²) in [6, 6.07) is 20.2. The van der Waals surface area contributed by atoms with Crippen LogP contribution in [0.4, 0.5) is 0 Å². The first kappa shape index (κ1) is 13.2. The average Bonchev–Trinajstić information content (AvgIpc) is 2.49. The van der Waals surface area contributed by atoms with Crippen molar-refractivity contribution in [1.82, 2.24) is 0 Å². The smallest absolute Gasteiger partial charge is 0.118 e. The van der Waals surface area contributed by atoms with E-state index in [0.29, 0.717) is 6.42 Å². The van der Waals surface area contributed by atoms with Gasteiger partial charge in [0.05, 0.1) is 18.6 Å². The molecule has 0 amide bonds. The Morgan fingerprint density at radius 3 is 2.21 bits per heavy atom. The fourth-order valence-electron chi connectivity index (χ4n) is 2.16. The predicted octanol–water partition coefficient (Wildman–Crippen LogP) is 3.72. The summed E-state index contributed by atoms with van der Waals surface area (Å²) in [6.07, 6.45) is 0.692. The standard InChI is InChI=1S/C17H17NO/c1-17(13-18,15-6-4-3-5-7-15)12-14-8-10-16(19-2)11-9-14/h3-11H,12H2,1-2H3. The third-order valence-corrected chi connectivity index (χ3v) is 3.37. The maximum absolute atomic E-state index is 9.53. The maximum atomic E-state index is 9.53. The third kappa shape index (κ3) is 2.95. The van der Waals surface area contributed by atoms with Crippen molar-refractivity contribution in [2.45, 2.75) is 18.8 Å². The zero-order chi connectivity index (χ0) is 13.7. The Bertz CT molecular complexity index is 568. The Balaban J connectivity index is 2.26. The lowest BCUT2D eigenvalue weighted by molar-refractivity contribution is 0.414. The van der Waals surface area contributed by atoms with Crippen LogP contribution in [0.5, 0.6) is 5.75 Å². The molecular formula is C17H17NO. The highest BCUT2D eigenvalue weighted by Gasteiger charge is 2.26. The molecule has 0 saturated carbocycles. The van der Waals surface area contributed by atoms with Gasteiger partial charge in [0.25, 0.3) is 0 Å². The molecule has 0 radical (unpaired) electrons. The van der Waals surface area contributed by atoms with E-state index in [4.69, 9.17) is 4.74 Å². The van der Waals surface area contributed by atoms with E-state index < -0.39 is 5.41 Å². The van der Waals surface area contributed by atoms with Crippen molar-refractivity contribution in [1.29, 1.82) is 5.26 Å². The Kier molecular flexibility index (Phi) is 3.87. The number of nitriles is 1. The van der Waals surface area contributed by atoms with Crippen molar-refractivity contribution in [2.24, 2.45) is 0 Å². The SMILES string of the molecule is COc1ccc(CC(C)(C#N)c2ccccc2)cc1. The van der Waals surface area contributed by atoms with Gasteiger partial charge in [-0.3, -0.25) is 0 Å². The number of benzene rings is 2. The molecule has 96 valence electrons. The normalized spacial score (nSPS) is 13.3. The van der Waals surface area contributed by atoms with Crippen molar-refractivity contribution in [2.75, 3.05) is 7.11 Å². The molecule has 2 rings (SSSR count). The highest BCUT2D eigenvalue weighted by Crippen LogP contribution is 2.28. The van der Waals surface area contributed by atoms with Crippen LogP contribution in [0.2, 0.25) is 0 Å². The molecule has 0 saturated heterocycles. The topological polar surface area (TPSA) is 33.0 Å². The summed E-state index contributed by atoms with van der Waals surface area (Å²) in [6.45, 7) is 1.98. The second-order valence-corrected chi connectivity index (χ2v) is 4.83. The molecule has 2 aromatic rings. The molecule has 0 aromatic heterocycles. The quantitative estimate of drug-likeness (QED) is 0.829. The zero-order valence-corrected chi connectivity index (χ0v) is 11.3. The molecule has 0 bridgehead atoms. The van der Waals surface area contributed by atoms with E-state index in [1.165, 1.54) is 0 Å². The van der Waals surface area contributed by atoms with Gasteiger partial charge < -0.3 is 4.74 Å². The molecule has 0 aliphatic carbocycles. The van der Waals surface area contributed by atoms with E-state index in [2.05, 4.69) is 6.07 Å². The monoisotopic (exact) mass is 251 g/mol. The van der Waals surface area contributed by atoms with Gasteiger partial charge in [-0.1, -0.05) is 42.5 Å². The third-order valence-electron chi connectivity index (χ3n) is 3.37. The van der Waals surface area contributed by atoms with Crippen LogP contribution in [0.1, 0.15) is 18.1 Å². The predicted molar refractivity (Wildman–Crippen MR) is 76.1 cm³/mol. The van der Waals surface area contributed by atoms with E-state index in [9.17, 15) is 5.26 Å². The first-order valence-corrected chi connectivity index (χ1v) is 6.28. The molecule has 0 N–H and O–H groups in total. The highest BCUT2D eigenvalue weighted by molar-refractivity contribution is 5.36. The van der Waals surface area contributed by atoms with Crippen LogP contribution in [0.25, 0.3) is 0 Å². The van der Waals surface area contributed by atoms with E-state index >= 15 is 0 Å². The molecule has 2 nitrogen and oxygen atoms in total. The Labute approximate surface area is 114 Å². The number of hydrogen-bond donors (Lipinski definition) is 0. The van der Waals surface area contributed by atoms with Crippen LogP contribution in [0, 0.1) is 11.3 Å². The number of hydrogen-bond acceptors (Lipinski definition) is 2. The molecule has 1 atom stereocenters. The molecule has 0 aliphatic rings. The molecule has 0 aliphatic heterocycles. The van der Waals surface area contributed by atoms with Crippen LogP contribution >= 0.6 is 0 Å². The van der Waals surface area contributed by atoms with Crippen molar-refractivity contribution in [3.63, 3.8) is 0 Å². The van der Waals surface area contributed by atoms with Gasteiger partial charge in [-0.2, -0.15) is 5.26 Å². The lowest BCUT2D eigenvalue weighted by Crippen LogP contribution is -2.22. The van der Waals surface area contributed by atoms with Crippen molar-refractivity contribution in [3.05, 3.63) is 65.7 Å². The molecule has 0 heterocycles. The summed E-state index contributed by atoms with van der Waals surface area (Å²) in [4.78, 5) is 0. The van der Waals surface area contributed by atoms with Crippen LogP contribution in [-0.2, 0) is 11.8 Å². The fourth-order valence-corrected chi connectivity index (χ4v) is 2.16. The van der Waals surface area contributed by atoms with Crippen molar-refractivity contribution >= 4 is 0 Å². The van der Waals surface area contributed by atoms with E-state index in [1.54, 1.807) is 7.11 Å². The minimum atomic E-state index is -0.504. The Morgan fingerprint density at radius 2 is 1.68 bits per heavy atom. The summed E-state index contributed by atoms with van der Waals surface area (Å²) < 4.78 is 5.15. The summed E-state index contributed by atoms with van der Waals surface area (Å²) in [5, 5.41) is 9.53. The van der Waals surface area contributed by atoms with E-state index in [1.807, 2.05) is 61.5 Å². The highest BCUT2D eigenvalue weighted by atomic mass is 16.5. The summed E-state index contributed by atoms with van der Waals surface area (Å²) in [5.74, 6) is 0.835. The number of rotatable bonds is 4. The molecule has 19 heavy (non-hydrogen) atoms. The molecule has 2 heteroatoms. The second kappa shape index (κ2) is 5.58. The minimum absolute atomic E-state index is 0.504. The van der Waals surface area contributed by atoms with E-state index in [-0.39, 0.29) is 0 Å². The summed E-state index contributed by atoms with van der Waals surface area (Å²) >= 11 is 0. The largest absolute Gasteiger partial charge is 0.497 e. The van der Waals surface area contributed by atoms with Gasteiger partial charge >= 0.3 is 0 Å². The second-order valence-electron chi connectivity index (χ2n) is 4.83. The summed E-state index contributed by atoms with van der Waals surface area (Å²) in [7, 11) is 1.65. The maximum Gasteiger partial charge on any atom is 0.118 e.